The smallest absolute Gasteiger partial charge is 0.231 e. The Morgan fingerprint density at radius 3 is 2.68 bits per heavy atom. The molecule has 0 aliphatic carbocycles. The number of benzene rings is 2. The summed E-state index contributed by atoms with van der Waals surface area (Å²) < 4.78 is 21.4. The first-order valence-corrected chi connectivity index (χ1v) is 5.78. The first-order valence-electron chi connectivity index (χ1n) is 5.78. The fourth-order valence-electron chi connectivity index (χ4n) is 1.86. The van der Waals surface area contributed by atoms with Crippen molar-refractivity contribution in [3.05, 3.63) is 36.4 Å². The molecular formula is C14H13NO4. The second kappa shape index (κ2) is 4.61. The lowest BCUT2D eigenvalue weighted by Gasteiger charge is -2.11. The summed E-state index contributed by atoms with van der Waals surface area (Å²) in [5.41, 5.74) is 6.41. The highest BCUT2D eigenvalue weighted by Crippen LogP contribution is 2.39. The lowest BCUT2D eigenvalue weighted by atomic mass is 10.2. The molecule has 5 heteroatoms. The number of hydrogen-bond acceptors (Lipinski definition) is 5. The maximum Gasteiger partial charge on any atom is 0.231 e. The quantitative estimate of drug-likeness (QED) is 0.859. The molecule has 2 aromatic rings. The molecular weight excluding hydrogens is 246 g/mol. The lowest BCUT2D eigenvalue weighted by molar-refractivity contribution is 0.174. The molecule has 1 aliphatic heterocycles. The first-order chi connectivity index (χ1) is 9.28. The van der Waals surface area contributed by atoms with Crippen LogP contribution in [0.4, 0.5) is 5.69 Å². The van der Waals surface area contributed by atoms with Gasteiger partial charge in [0.1, 0.15) is 17.2 Å². The molecule has 5 nitrogen and oxygen atoms in total. The number of rotatable bonds is 3. The largest absolute Gasteiger partial charge is 0.494 e. The minimum absolute atomic E-state index is 0.236. The van der Waals surface area contributed by atoms with Gasteiger partial charge in [0.05, 0.1) is 7.11 Å². The van der Waals surface area contributed by atoms with E-state index in [2.05, 4.69) is 0 Å². The monoisotopic (exact) mass is 259 g/mol. The van der Waals surface area contributed by atoms with E-state index in [1.54, 1.807) is 37.4 Å². The van der Waals surface area contributed by atoms with Crippen LogP contribution in [-0.2, 0) is 0 Å². The number of anilines is 1. The molecule has 0 fully saturated rings. The molecule has 98 valence electrons. The molecule has 0 unspecified atom stereocenters. The van der Waals surface area contributed by atoms with Gasteiger partial charge in [0.2, 0.25) is 6.79 Å². The van der Waals surface area contributed by atoms with E-state index in [1.807, 2.05) is 6.07 Å². The zero-order valence-corrected chi connectivity index (χ0v) is 10.4. The van der Waals surface area contributed by atoms with Gasteiger partial charge in [0.25, 0.3) is 0 Å². The molecule has 1 aliphatic rings. The van der Waals surface area contributed by atoms with E-state index in [9.17, 15) is 0 Å². The first kappa shape index (κ1) is 11.5. The van der Waals surface area contributed by atoms with Gasteiger partial charge in [-0.05, 0) is 24.3 Å². The standard InChI is InChI=1S/C14H13NO4/c1-16-11-3-2-4-12(14(11)15)19-9-5-6-10-13(7-9)18-8-17-10/h2-7H,8,15H2,1H3. The maximum absolute atomic E-state index is 5.95. The van der Waals surface area contributed by atoms with Gasteiger partial charge >= 0.3 is 0 Å². The summed E-state index contributed by atoms with van der Waals surface area (Å²) in [5.74, 6) is 3.13. The normalized spacial score (nSPS) is 12.3. The SMILES string of the molecule is COc1cccc(Oc2ccc3c(c2)OCO3)c1N. The Balaban J connectivity index is 1.89. The summed E-state index contributed by atoms with van der Waals surface area (Å²) in [5, 5.41) is 0. The molecule has 2 aromatic carbocycles. The Labute approximate surface area is 110 Å². The van der Waals surface area contributed by atoms with Crippen LogP contribution in [0, 0.1) is 0 Å². The van der Waals surface area contributed by atoms with Crippen molar-refractivity contribution >= 4 is 5.69 Å². The van der Waals surface area contributed by atoms with E-state index in [-0.39, 0.29) is 6.79 Å². The zero-order chi connectivity index (χ0) is 13.2. The van der Waals surface area contributed by atoms with Crippen molar-refractivity contribution in [1.29, 1.82) is 0 Å². The highest BCUT2D eigenvalue weighted by Gasteiger charge is 2.15. The second-order valence-corrected chi connectivity index (χ2v) is 3.99. The minimum Gasteiger partial charge on any atom is -0.494 e. The Hall–Kier alpha value is -2.56. The third kappa shape index (κ3) is 2.10. The summed E-state index contributed by atoms with van der Waals surface area (Å²) in [7, 11) is 1.57. The molecule has 0 atom stereocenters. The van der Waals surface area contributed by atoms with Crippen LogP contribution in [-0.4, -0.2) is 13.9 Å². The summed E-state index contributed by atoms with van der Waals surface area (Å²) in [6, 6.07) is 10.7. The highest BCUT2D eigenvalue weighted by atomic mass is 16.7. The van der Waals surface area contributed by atoms with Gasteiger partial charge in [-0.25, -0.2) is 0 Å². The number of fused-ring (bicyclic) bond motifs is 1. The molecule has 3 rings (SSSR count). The zero-order valence-electron chi connectivity index (χ0n) is 10.4. The average molecular weight is 259 g/mol. The Morgan fingerprint density at radius 1 is 1.05 bits per heavy atom. The van der Waals surface area contributed by atoms with Crippen LogP contribution in [0.2, 0.25) is 0 Å². The third-order valence-corrected chi connectivity index (χ3v) is 2.82. The van der Waals surface area contributed by atoms with Crippen LogP contribution in [0.5, 0.6) is 28.7 Å². The number of hydrogen-bond donors (Lipinski definition) is 1. The minimum atomic E-state index is 0.236. The fraction of sp³-hybridized carbons (Fsp3) is 0.143. The molecule has 0 radical (unpaired) electrons. The summed E-state index contributed by atoms with van der Waals surface area (Å²) in [6.07, 6.45) is 0. The van der Waals surface area contributed by atoms with E-state index in [0.717, 1.165) is 0 Å². The van der Waals surface area contributed by atoms with Gasteiger partial charge in [-0.15, -0.1) is 0 Å². The van der Waals surface area contributed by atoms with Crippen LogP contribution in [0.3, 0.4) is 0 Å². The van der Waals surface area contributed by atoms with Crippen molar-refractivity contribution < 1.29 is 18.9 Å². The number of methoxy groups -OCH3 is 1. The van der Waals surface area contributed by atoms with Gasteiger partial charge in [-0.3, -0.25) is 0 Å². The van der Waals surface area contributed by atoms with Gasteiger partial charge in [0.15, 0.2) is 17.2 Å². The molecule has 19 heavy (non-hydrogen) atoms. The van der Waals surface area contributed by atoms with Crippen molar-refractivity contribution in [2.45, 2.75) is 0 Å². The van der Waals surface area contributed by atoms with Crippen LogP contribution in [0.15, 0.2) is 36.4 Å². The molecule has 0 bridgehead atoms. The van der Waals surface area contributed by atoms with E-state index in [0.29, 0.717) is 34.4 Å². The maximum atomic E-state index is 5.95. The van der Waals surface area contributed by atoms with Crippen molar-refractivity contribution in [3.8, 4) is 28.7 Å². The molecule has 0 saturated heterocycles. The molecule has 0 saturated carbocycles. The van der Waals surface area contributed by atoms with Crippen LogP contribution in [0.1, 0.15) is 0 Å². The summed E-state index contributed by atoms with van der Waals surface area (Å²) >= 11 is 0. The Morgan fingerprint density at radius 2 is 1.84 bits per heavy atom. The molecule has 0 aromatic heterocycles. The van der Waals surface area contributed by atoms with Gasteiger partial charge in [-0.1, -0.05) is 6.07 Å². The average Bonchev–Trinajstić information content (AvgIpc) is 2.88. The molecule has 1 heterocycles. The van der Waals surface area contributed by atoms with Crippen molar-refractivity contribution in [2.75, 3.05) is 19.6 Å². The molecule has 2 N–H and O–H groups in total. The summed E-state index contributed by atoms with van der Waals surface area (Å²) in [4.78, 5) is 0. The Kier molecular flexibility index (Phi) is 2.79. The van der Waals surface area contributed by atoms with Crippen LogP contribution in [0.25, 0.3) is 0 Å². The molecule has 0 amide bonds. The molecule has 0 spiro atoms. The van der Waals surface area contributed by atoms with Gasteiger partial charge in [-0.2, -0.15) is 0 Å². The number of para-hydroxylation sites is 1. The Bertz CT molecular complexity index is 612. The van der Waals surface area contributed by atoms with Crippen molar-refractivity contribution in [1.82, 2.24) is 0 Å². The van der Waals surface area contributed by atoms with E-state index < -0.39 is 0 Å². The van der Waals surface area contributed by atoms with Crippen molar-refractivity contribution in [3.63, 3.8) is 0 Å². The van der Waals surface area contributed by atoms with Crippen molar-refractivity contribution in [2.24, 2.45) is 0 Å². The lowest BCUT2D eigenvalue weighted by Crippen LogP contribution is -1.96. The van der Waals surface area contributed by atoms with Crippen LogP contribution < -0.4 is 24.7 Å². The topological polar surface area (TPSA) is 62.9 Å². The highest BCUT2D eigenvalue weighted by molar-refractivity contribution is 5.63. The van der Waals surface area contributed by atoms with E-state index >= 15 is 0 Å². The van der Waals surface area contributed by atoms with E-state index in [4.69, 9.17) is 24.7 Å². The van der Waals surface area contributed by atoms with Crippen LogP contribution >= 0.6 is 0 Å². The van der Waals surface area contributed by atoms with Gasteiger partial charge < -0.3 is 24.7 Å². The predicted molar refractivity (Wildman–Crippen MR) is 70.0 cm³/mol. The third-order valence-electron chi connectivity index (χ3n) is 2.82. The predicted octanol–water partition coefficient (Wildman–Crippen LogP) is 2.80. The summed E-state index contributed by atoms with van der Waals surface area (Å²) in [6.45, 7) is 0.236. The second-order valence-electron chi connectivity index (χ2n) is 3.99. The number of nitrogen functional groups attached to an aromatic ring is 1. The van der Waals surface area contributed by atoms with Gasteiger partial charge in [0, 0.05) is 6.07 Å². The fourth-order valence-corrected chi connectivity index (χ4v) is 1.86. The number of ether oxygens (including phenoxy) is 4. The number of nitrogens with two attached hydrogens (primary N) is 1. The van der Waals surface area contributed by atoms with E-state index in [1.165, 1.54) is 0 Å².